The summed E-state index contributed by atoms with van der Waals surface area (Å²) in [6.45, 7) is 11.1. The van der Waals surface area contributed by atoms with Gasteiger partial charge in [0.15, 0.2) is 0 Å². The Kier molecular flexibility index (Phi) is 9.42. The van der Waals surface area contributed by atoms with Gasteiger partial charge < -0.3 is 15.4 Å². The van der Waals surface area contributed by atoms with Crippen LogP contribution in [-0.2, 0) is 4.74 Å². The molecule has 2 rings (SSSR count). The summed E-state index contributed by atoms with van der Waals surface area (Å²) in [5.74, 6) is -0.459. The van der Waals surface area contributed by atoms with E-state index in [4.69, 9.17) is 17.0 Å². The van der Waals surface area contributed by atoms with E-state index in [2.05, 4.69) is 23.3 Å². The number of ether oxygens (including phenoxy) is 1. The van der Waals surface area contributed by atoms with E-state index in [1.807, 2.05) is 24.8 Å². The maximum Gasteiger partial charge on any atom is 0.414 e. The normalized spacial score (nSPS) is 22.6. The molecule has 0 aliphatic carbocycles. The van der Waals surface area contributed by atoms with Crippen molar-refractivity contribution in [1.29, 1.82) is 5.26 Å². The third kappa shape index (κ3) is 7.18. The minimum atomic E-state index is -0.637. The summed E-state index contributed by atoms with van der Waals surface area (Å²) >= 11 is 4.97. The summed E-state index contributed by atoms with van der Waals surface area (Å²) in [5, 5.41) is 16.0. The van der Waals surface area contributed by atoms with Crippen molar-refractivity contribution in [1.82, 2.24) is 20.4 Å². The number of rotatable bonds is 9. The van der Waals surface area contributed by atoms with Gasteiger partial charge in [-0.25, -0.2) is 9.18 Å². The highest BCUT2D eigenvalue weighted by molar-refractivity contribution is 7.80. The zero-order chi connectivity index (χ0) is 23.7. The molecule has 0 spiro atoms. The quantitative estimate of drug-likeness (QED) is 0.402. The number of halogens is 1. The van der Waals surface area contributed by atoms with Gasteiger partial charge in [-0.1, -0.05) is 37.0 Å². The molecule has 2 fully saturated rings. The molecule has 0 aromatic heterocycles. The Morgan fingerprint density at radius 3 is 2.69 bits per heavy atom. The van der Waals surface area contributed by atoms with Gasteiger partial charge in [-0.2, -0.15) is 5.26 Å². The van der Waals surface area contributed by atoms with Crippen LogP contribution in [0, 0.1) is 11.3 Å². The third-order valence-corrected chi connectivity index (χ3v) is 5.75. The number of nitriles is 1. The predicted molar refractivity (Wildman–Crippen MR) is 127 cm³/mol. The number of likely N-dealkylation sites (tertiary alicyclic amines) is 1. The molecule has 0 saturated carbocycles. The van der Waals surface area contributed by atoms with E-state index in [1.165, 1.54) is 4.90 Å². The molecule has 2 heterocycles. The first-order valence-electron chi connectivity index (χ1n) is 10.7. The van der Waals surface area contributed by atoms with Crippen molar-refractivity contribution in [3.63, 3.8) is 0 Å². The number of hydrogen-bond donors (Lipinski definition) is 2. The molecule has 0 radical (unpaired) electrons. The molecule has 7 nitrogen and oxygen atoms in total. The van der Waals surface area contributed by atoms with E-state index < -0.39 is 23.5 Å². The molecule has 2 aliphatic rings. The standard InChI is InChI=1S/C23H32FN5O2S/c1-5-17(2)27-23(16-25)9-12-28(13-10-23)21(18(3)24)8-6-7-11-29-15-20(31-22(29)30)14-26-19(4)32/h5-8,11,20-21,27H,3,9-10,12-15H2,1-2,4H3,(H,26,32)/b8-6?,11-7+,17-5+. The van der Waals surface area contributed by atoms with Gasteiger partial charge in [0.1, 0.15) is 17.5 Å². The van der Waals surface area contributed by atoms with Crippen LogP contribution in [0.1, 0.15) is 33.6 Å². The SMILES string of the molecule is C=C(F)C(C=C/C=C/N1CC(CNC(C)=S)OC1=O)N1CCC(C#N)(N/C(C)=C/C)CC1. The van der Waals surface area contributed by atoms with Crippen LogP contribution in [-0.4, -0.2) is 64.7 Å². The van der Waals surface area contributed by atoms with Gasteiger partial charge in [0, 0.05) is 25.0 Å². The van der Waals surface area contributed by atoms with Gasteiger partial charge in [0.2, 0.25) is 0 Å². The second-order valence-corrected chi connectivity index (χ2v) is 8.65. The number of nitrogens with one attached hydrogen (secondary N) is 2. The van der Waals surface area contributed by atoms with Gasteiger partial charge in [0.05, 0.1) is 30.2 Å². The Morgan fingerprint density at radius 1 is 1.44 bits per heavy atom. The molecule has 2 N–H and O–H groups in total. The highest BCUT2D eigenvalue weighted by atomic mass is 32.1. The number of thiocarbonyl (C=S) groups is 1. The first-order valence-corrected chi connectivity index (χ1v) is 11.1. The predicted octanol–water partition coefficient (Wildman–Crippen LogP) is 3.54. The van der Waals surface area contributed by atoms with E-state index in [-0.39, 0.29) is 6.10 Å². The molecule has 32 heavy (non-hydrogen) atoms. The smallest absolute Gasteiger partial charge is 0.414 e. The maximum absolute atomic E-state index is 14.2. The number of carbonyl (C=O) groups is 1. The molecule has 0 bridgehead atoms. The maximum atomic E-state index is 14.2. The minimum absolute atomic E-state index is 0.277. The fourth-order valence-corrected chi connectivity index (χ4v) is 3.76. The molecule has 2 saturated heterocycles. The van der Waals surface area contributed by atoms with Crippen LogP contribution in [0.25, 0.3) is 0 Å². The zero-order valence-corrected chi connectivity index (χ0v) is 19.8. The van der Waals surface area contributed by atoms with Crippen LogP contribution in [0.3, 0.4) is 0 Å². The Hall–Kier alpha value is -2.70. The summed E-state index contributed by atoms with van der Waals surface area (Å²) in [4.78, 5) is 16.0. The fourth-order valence-electron chi connectivity index (χ4n) is 3.67. The second kappa shape index (κ2) is 11.8. The minimum Gasteiger partial charge on any atom is -0.442 e. The van der Waals surface area contributed by atoms with E-state index in [0.29, 0.717) is 44.0 Å². The number of amides is 1. The summed E-state index contributed by atoms with van der Waals surface area (Å²) in [5.41, 5.74) is 0.314. The number of nitrogens with zero attached hydrogens (tertiary/aromatic N) is 3. The summed E-state index contributed by atoms with van der Waals surface area (Å²) < 4.78 is 19.5. The lowest BCUT2D eigenvalue weighted by Gasteiger charge is -2.40. The van der Waals surface area contributed by atoms with Crippen LogP contribution in [0.2, 0.25) is 0 Å². The van der Waals surface area contributed by atoms with Gasteiger partial charge >= 0.3 is 6.09 Å². The van der Waals surface area contributed by atoms with E-state index in [0.717, 1.165) is 5.70 Å². The molecule has 2 aliphatic heterocycles. The van der Waals surface area contributed by atoms with Crippen molar-refractivity contribution in [2.75, 3.05) is 26.2 Å². The third-order valence-electron chi connectivity index (χ3n) is 5.60. The van der Waals surface area contributed by atoms with Crippen LogP contribution in [0.4, 0.5) is 9.18 Å². The summed E-state index contributed by atoms with van der Waals surface area (Å²) in [7, 11) is 0. The lowest BCUT2D eigenvalue weighted by Crippen LogP contribution is -2.53. The first-order chi connectivity index (χ1) is 15.2. The van der Waals surface area contributed by atoms with Gasteiger partial charge in [-0.15, -0.1) is 0 Å². The number of hydrogen-bond acceptors (Lipinski definition) is 6. The molecule has 174 valence electrons. The highest BCUT2D eigenvalue weighted by Crippen LogP contribution is 2.26. The first kappa shape index (κ1) is 25.6. The van der Waals surface area contributed by atoms with Crippen molar-refractivity contribution in [3.05, 3.63) is 48.6 Å². The van der Waals surface area contributed by atoms with Gasteiger partial charge in [0.25, 0.3) is 0 Å². The van der Waals surface area contributed by atoms with E-state index >= 15 is 0 Å². The zero-order valence-electron chi connectivity index (χ0n) is 18.9. The van der Waals surface area contributed by atoms with Crippen molar-refractivity contribution in [3.8, 4) is 6.07 Å². The van der Waals surface area contributed by atoms with Crippen LogP contribution >= 0.6 is 12.2 Å². The molecular weight excluding hydrogens is 429 g/mol. The number of carbonyl (C=O) groups excluding carboxylic acids is 1. The Balaban J connectivity index is 1.92. The number of cyclic esters (lactones) is 1. The number of piperidine rings is 1. The van der Waals surface area contributed by atoms with Crippen molar-refractivity contribution < 1.29 is 13.9 Å². The molecule has 0 aromatic carbocycles. The highest BCUT2D eigenvalue weighted by Gasteiger charge is 2.36. The number of allylic oxidation sites excluding steroid dienone is 4. The van der Waals surface area contributed by atoms with E-state index in [9.17, 15) is 14.4 Å². The van der Waals surface area contributed by atoms with Gasteiger partial charge in [-0.05, 0) is 39.7 Å². The molecule has 2 atom stereocenters. The van der Waals surface area contributed by atoms with Gasteiger partial charge in [-0.3, -0.25) is 9.80 Å². The lowest BCUT2D eigenvalue weighted by atomic mass is 9.87. The average molecular weight is 462 g/mol. The summed E-state index contributed by atoms with van der Waals surface area (Å²) in [6.07, 6.45) is 9.09. The Morgan fingerprint density at radius 2 is 2.12 bits per heavy atom. The van der Waals surface area contributed by atoms with Crippen LogP contribution in [0.15, 0.2) is 48.6 Å². The van der Waals surface area contributed by atoms with E-state index in [1.54, 1.807) is 31.4 Å². The molecule has 2 unspecified atom stereocenters. The second-order valence-electron chi connectivity index (χ2n) is 8.04. The Labute approximate surface area is 195 Å². The monoisotopic (exact) mass is 461 g/mol. The molecule has 0 aromatic rings. The fraction of sp³-hybridized carbons (Fsp3) is 0.522. The van der Waals surface area contributed by atoms with Crippen LogP contribution in [0.5, 0.6) is 0 Å². The van der Waals surface area contributed by atoms with Crippen LogP contribution < -0.4 is 10.6 Å². The van der Waals surface area contributed by atoms with Crippen molar-refractivity contribution >= 4 is 23.3 Å². The largest absolute Gasteiger partial charge is 0.442 e. The topological polar surface area (TPSA) is 80.6 Å². The Bertz CT molecular complexity index is 840. The van der Waals surface area contributed by atoms with Crippen molar-refractivity contribution in [2.24, 2.45) is 0 Å². The average Bonchev–Trinajstić information content (AvgIpc) is 3.12. The molecule has 9 heteroatoms. The molecular formula is C23H32FN5O2S. The summed E-state index contributed by atoms with van der Waals surface area (Å²) in [6, 6.07) is 1.80. The van der Waals surface area contributed by atoms with Crippen molar-refractivity contribution in [2.45, 2.75) is 51.3 Å². The lowest BCUT2D eigenvalue weighted by molar-refractivity contribution is 0.136. The molecule has 1 amide bonds.